The number of hydrogen-bond acceptors (Lipinski definition) is 6. The van der Waals surface area contributed by atoms with Crippen molar-refractivity contribution < 1.29 is 14.3 Å². The highest BCUT2D eigenvalue weighted by Crippen LogP contribution is 2.26. The maximum absolute atomic E-state index is 11.3. The predicted molar refractivity (Wildman–Crippen MR) is 65.7 cm³/mol. The third-order valence-corrected chi connectivity index (χ3v) is 3.96. The van der Waals surface area contributed by atoms with Crippen molar-refractivity contribution in [3.63, 3.8) is 0 Å². The molecule has 0 spiro atoms. The van der Waals surface area contributed by atoms with Gasteiger partial charge in [0.05, 0.1) is 19.4 Å². The van der Waals surface area contributed by atoms with Crippen LogP contribution in [0.4, 0.5) is 5.13 Å². The average molecular weight is 256 g/mol. The van der Waals surface area contributed by atoms with Crippen molar-refractivity contribution in [1.29, 1.82) is 0 Å². The third kappa shape index (κ3) is 2.76. The Balaban J connectivity index is 1.99. The summed E-state index contributed by atoms with van der Waals surface area (Å²) in [5.74, 6) is -0.319. The van der Waals surface area contributed by atoms with Gasteiger partial charge in [-0.3, -0.25) is 0 Å². The van der Waals surface area contributed by atoms with E-state index in [1.54, 1.807) is 13.3 Å². The summed E-state index contributed by atoms with van der Waals surface area (Å²) in [6, 6.07) is 0. The van der Waals surface area contributed by atoms with Crippen LogP contribution < -0.4 is 4.90 Å². The van der Waals surface area contributed by atoms with Crippen LogP contribution in [0.3, 0.4) is 0 Å². The number of aromatic nitrogens is 1. The van der Waals surface area contributed by atoms with Crippen molar-refractivity contribution in [2.45, 2.75) is 18.9 Å². The molecule has 0 amide bonds. The minimum atomic E-state index is -0.319. The summed E-state index contributed by atoms with van der Waals surface area (Å²) in [5, 5.41) is 0.889. The Hall–Kier alpha value is -1.14. The van der Waals surface area contributed by atoms with Gasteiger partial charge in [0.1, 0.15) is 4.88 Å². The zero-order chi connectivity index (χ0) is 12.3. The first-order chi connectivity index (χ1) is 8.24. The Morgan fingerprint density at radius 3 is 2.76 bits per heavy atom. The van der Waals surface area contributed by atoms with Crippen molar-refractivity contribution in [1.82, 2.24) is 4.98 Å². The summed E-state index contributed by atoms with van der Waals surface area (Å²) >= 11 is 1.38. The fourth-order valence-electron chi connectivity index (χ4n) is 1.89. The van der Waals surface area contributed by atoms with Crippen molar-refractivity contribution in [2.75, 3.05) is 32.2 Å². The van der Waals surface area contributed by atoms with Gasteiger partial charge in [-0.2, -0.15) is 0 Å². The number of hydrogen-bond donors (Lipinski definition) is 0. The molecule has 0 unspecified atom stereocenters. The highest BCUT2D eigenvalue weighted by molar-refractivity contribution is 7.17. The number of ether oxygens (including phenoxy) is 2. The highest BCUT2D eigenvalue weighted by Gasteiger charge is 2.21. The zero-order valence-corrected chi connectivity index (χ0v) is 10.8. The van der Waals surface area contributed by atoms with E-state index in [4.69, 9.17) is 4.74 Å². The summed E-state index contributed by atoms with van der Waals surface area (Å²) in [5.41, 5.74) is 0. The van der Waals surface area contributed by atoms with Crippen LogP contribution in [0.2, 0.25) is 0 Å². The normalized spacial score (nSPS) is 17.2. The van der Waals surface area contributed by atoms with Gasteiger partial charge >= 0.3 is 5.97 Å². The molecule has 2 heterocycles. The minimum Gasteiger partial charge on any atom is -0.465 e. The lowest BCUT2D eigenvalue weighted by molar-refractivity contribution is 0.0606. The van der Waals surface area contributed by atoms with Gasteiger partial charge in [0, 0.05) is 20.2 Å². The number of piperidine rings is 1. The zero-order valence-electron chi connectivity index (χ0n) is 10.0. The number of esters is 1. The van der Waals surface area contributed by atoms with Gasteiger partial charge in [-0.05, 0) is 12.8 Å². The first kappa shape index (κ1) is 12.3. The summed E-state index contributed by atoms with van der Waals surface area (Å²) in [6.07, 6.45) is 3.94. The summed E-state index contributed by atoms with van der Waals surface area (Å²) < 4.78 is 9.98. The van der Waals surface area contributed by atoms with Gasteiger partial charge in [-0.25, -0.2) is 9.78 Å². The molecule has 0 N–H and O–H groups in total. The Bertz CT molecular complexity index is 386. The topological polar surface area (TPSA) is 51.7 Å². The molecule has 6 heteroatoms. The molecular weight excluding hydrogens is 240 g/mol. The fraction of sp³-hybridized carbons (Fsp3) is 0.636. The number of carbonyl (C=O) groups excluding carboxylic acids is 1. The maximum Gasteiger partial charge on any atom is 0.349 e. The maximum atomic E-state index is 11.3. The van der Waals surface area contributed by atoms with E-state index in [1.165, 1.54) is 18.4 Å². The first-order valence-electron chi connectivity index (χ1n) is 5.56. The lowest BCUT2D eigenvalue weighted by atomic mass is 10.1. The Morgan fingerprint density at radius 1 is 1.47 bits per heavy atom. The van der Waals surface area contributed by atoms with Gasteiger partial charge in [0.15, 0.2) is 5.13 Å². The van der Waals surface area contributed by atoms with E-state index in [2.05, 4.69) is 14.6 Å². The molecule has 5 nitrogen and oxygen atoms in total. The molecule has 0 aliphatic carbocycles. The summed E-state index contributed by atoms with van der Waals surface area (Å²) in [4.78, 5) is 18.3. The molecule has 1 aromatic rings. The summed E-state index contributed by atoms with van der Waals surface area (Å²) in [7, 11) is 3.13. The predicted octanol–water partition coefficient (Wildman–Crippen LogP) is 1.54. The molecule has 1 aliphatic heterocycles. The molecule has 1 saturated heterocycles. The fourth-order valence-corrected chi connectivity index (χ4v) is 2.77. The lowest BCUT2D eigenvalue weighted by Crippen LogP contribution is -2.36. The standard InChI is InChI=1S/C11H16N2O3S/c1-15-8-3-5-13(6-4-8)11-12-7-9(17-11)10(14)16-2/h7-8H,3-6H2,1-2H3. The van der Waals surface area contributed by atoms with E-state index >= 15 is 0 Å². The molecule has 0 radical (unpaired) electrons. The van der Waals surface area contributed by atoms with Crippen molar-refractivity contribution in [2.24, 2.45) is 0 Å². The second-order valence-corrected chi connectivity index (χ2v) is 4.93. The SMILES string of the molecule is COC(=O)c1cnc(N2CCC(OC)CC2)s1. The van der Waals surface area contributed by atoms with Crippen LogP contribution in [0, 0.1) is 0 Å². The smallest absolute Gasteiger partial charge is 0.349 e. The minimum absolute atomic E-state index is 0.319. The molecule has 94 valence electrons. The largest absolute Gasteiger partial charge is 0.465 e. The molecule has 0 atom stereocenters. The van der Waals surface area contributed by atoms with Gasteiger partial charge < -0.3 is 14.4 Å². The van der Waals surface area contributed by atoms with E-state index in [9.17, 15) is 4.79 Å². The number of thiazole rings is 1. The molecule has 0 saturated carbocycles. The highest BCUT2D eigenvalue weighted by atomic mass is 32.1. The van der Waals surface area contributed by atoms with Crippen LogP contribution in [0.1, 0.15) is 22.5 Å². The van der Waals surface area contributed by atoms with Gasteiger partial charge in [0.25, 0.3) is 0 Å². The Kier molecular flexibility index (Phi) is 3.96. The Labute approximate surface area is 104 Å². The van der Waals surface area contributed by atoms with Gasteiger partial charge in [-0.1, -0.05) is 11.3 Å². The van der Waals surface area contributed by atoms with Crippen molar-refractivity contribution >= 4 is 22.4 Å². The summed E-state index contributed by atoms with van der Waals surface area (Å²) in [6.45, 7) is 1.85. The molecule has 1 fully saturated rings. The van der Waals surface area contributed by atoms with Crippen LogP contribution in [0.5, 0.6) is 0 Å². The number of anilines is 1. The molecule has 1 aromatic heterocycles. The van der Waals surface area contributed by atoms with E-state index in [1.807, 2.05) is 0 Å². The van der Waals surface area contributed by atoms with Crippen LogP contribution in [-0.2, 0) is 9.47 Å². The third-order valence-electron chi connectivity index (χ3n) is 2.93. The molecule has 1 aliphatic rings. The van der Waals surface area contributed by atoms with Crippen LogP contribution >= 0.6 is 11.3 Å². The molecule has 2 rings (SSSR count). The lowest BCUT2D eigenvalue weighted by Gasteiger charge is -2.30. The van der Waals surface area contributed by atoms with Crippen LogP contribution in [0.15, 0.2) is 6.20 Å². The van der Waals surface area contributed by atoms with E-state index in [0.29, 0.717) is 11.0 Å². The van der Waals surface area contributed by atoms with Crippen LogP contribution in [-0.4, -0.2) is 44.4 Å². The monoisotopic (exact) mass is 256 g/mol. The number of methoxy groups -OCH3 is 2. The molecular formula is C11H16N2O3S. The number of rotatable bonds is 3. The quantitative estimate of drug-likeness (QED) is 0.768. The van der Waals surface area contributed by atoms with Crippen LogP contribution in [0.25, 0.3) is 0 Å². The van der Waals surface area contributed by atoms with E-state index in [-0.39, 0.29) is 5.97 Å². The molecule has 0 bridgehead atoms. The molecule has 0 aromatic carbocycles. The number of carbonyl (C=O) groups is 1. The average Bonchev–Trinajstić information content (AvgIpc) is 2.87. The van der Waals surface area contributed by atoms with Crippen molar-refractivity contribution in [3.8, 4) is 0 Å². The first-order valence-corrected chi connectivity index (χ1v) is 6.38. The molecule has 17 heavy (non-hydrogen) atoms. The second kappa shape index (κ2) is 5.46. The Morgan fingerprint density at radius 2 is 2.18 bits per heavy atom. The van der Waals surface area contributed by atoms with E-state index < -0.39 is 0 Å². The van der Waals surface area contributed by atoms with Gasteiger partial charge in [-0.15, -0.1) is 0 Å². The van der Waals surface area contributed by atoms with E-state index in [0.717, 1.165) is 31.1 Å². The van der Waals surface area contributed by atoms with Gasteiger partial charge in [0.2, 0.25) is 0 Å². The number of nitrogens with zero attached hydrogens (tertiary/aromatic N) is 2. The van der Waals surface area contributed by atoms with Crippen molar-refractivity contribution in [3.05, 3.63) is 11.1 Å². The second-order valence-electron chi connectivity index (χ2n) is 3.92.